The molecule has 4 N–H and O–H groups in total. The molecule has 2 aliphatic heterocycles. The summed E-state index contributed by atoms with van der Waals surface area (Å²) in [5.41, 5.74) is 6.60. The van der Waals surface area contributed by atoms with Crippen LogP contribution in [0.1, 0.15) is 36.0 Å². The Bertz CT molecular complexity index is 706. The summed E-state index contributed by atoms with van der Waals surface area (Å²) in [5.74, 6) is 0.595. The van der Waals surface area contributed by atoms with E-state index in [9.17, 15) is 9.59 Å². The second-order valence-electron chi connectivity index (χ2n) is 7.23. The Morgan fingerprint density at radius 2 is 2.19 bits per heavy atom. The van der Waals surface area contributed by atoms with E-state index >= 15 is 0 Å². The zero-order valence-corrected chi connectivity index (χ0v) is 16.3. The summed E-state index contributed by atoms with van der Waals surface area (Å²) in [7, 11) is 1.51. The summed E-state index contributed by atoms with van der Waals surface area (Å²) >= 11 is 6.10. The molecule has 0 aliphatic carbocycles. The Hall–Kier alpha value is -1.99. The molecule has 2 aliphatic rings. The Morgan fingerprint density at radius 1 is 1.37 bits per heavy atom. The molecule has 1 aromatic rings. The van der Waals surface area contributed by atoms with Gasteiger partial charge in [-0.05, 0) is 44.2 Å². The van der Waals surface area contributed by atoms with E-state index in [4.69, 9.17) is 22.1 Å². The zero-order valence-electron chi connectivity index (χ0n) is 15.6. The van der Waals surface area contributed by atoms with Gasteiger partial charge in [-0.15, -0.1) is 0 Å². The number of nitrogens with two attached hydrogens (primary N) is 1. The molecule has 0 aromatic heterocycles. The van der Waals surface area contributed by atoms with Gasteiger partial charge in [0.2, 0.25) is 5.91 Å². The van der Waals surface area contributed by atoms with Crippen molar-refractivity contribution in [2.75, 3.05) is 39.0 Å². The Balaban J connectivity index is 1.61. The number of hydrogen-bond donors (Lipinski definition) is 3. The number of nitrogens with one attached hydrogen (secondary N) is 2. The first-order valence-corrected chi connectivity index (χ1v) is 9.80. The minimum Gasteiger partial charge on any atom is -0.496 e. The Morgan fingerprint density at radius 3 is 2.89 bits per heavy atom. The van der Waals surface area contributed by atoms with Crippen LogP contribution in [0.3, 0.4) is 0 Å². The maximum Gasteiger partial charge on any atom is 0.257 e. The number of anilines is 1. The maximum absolute atomic E-state index is 13.0. The molecule has 0 saturated carbocycles. The minimum atomic E-state index is -0.123. The lowest BCUT2D eigenvalue weighted by atomic mass is 9.97. The van der Waals surface area contributed by atoms with Gasteiger partial charge in [0.15, 0.2) is 0 Å². The molecule has 2 atom stereocenters. The fourth-order valence-corrected chi connectivity index (χ4v) is 3.93. The van der Waals surface area contributed by atoms with Crippen LogP contribution >= 0.6 is 11.6 Å². The van der Waals surface area contributed by atoms with Crippen LogP contribution in [0.4, 0.5) is 5.69 Å². The summed E-state index contributed by atoms with van der Waals surface area (Å²) in [6, 6.07) is 3.06. The van der Waals surface area contributed by atoms with E-state index in [-0.39, 0.29) is 23.8 Å². The van der Waals surface area contributed by atoms with Gasteiger partial charge in [0.25, 0.3) is 5.91 Å². The molecule has 7 nitrogen and oxygen atoms in total. The van der Waals surface area contributed by atoms with E-state index in [1.807, 2.05) is 0 Å². The van der Waals surface area contributed by atoms with Crippen LogP contribution < -0.4 is 21.1 Å². The average Bonchev–Trinajstić information content (AvgIpc) is 3.22. The second kappa shape index (κ2) is 8.80. The van der Waals surface area contributed by atoms with Crippen molar-refractivity contribution < 1.29 is 14.3 Å². The van der Waals surface area contributed by atoms with Gasteiger partial charge in [-0.2, -0.15) is 0 Å². The van der Waals surface area contributed by atoms with Crippen LogP contribution in [0, 0.1) is 5.92 Å². The fraction of sp³-hybridized carbons (Fsp3) is 0.579. The maximum atomic E-state index is 13.0. The number of amides is 2. The zero-order chi connectivity index (χ0) is 19.4. The smallest absolute Gasteiger partial charge is 0.257 e. The van der Waals surface area contributed by atoms with Gasteiger partial charge in [-0.3, -0.25) is 9.59 Å². The molecule has 0 bridgehead atoms. The van der Waals surface area contributed by atoms with E-state index < -0.39 is 0 Å². The monoisotopic (exact) mass is 394 g/mol. The number of rotatable bonds is 5. The van der Waals surface area contributed by atoms with Gasteiger partial charge in [0, 0.05) is 25.7 Å². The molecule has 2 saturated heterocycles. The molecule has 2 heterocycles. The number of methoxy groups -OCH3 is 1. The van der Waals surface area contributed by atoms with Crippen LogP contribution in [0.5, 0.6) is 5.75 Å². The minimum absolute atomic E-state index is 0.0583. The lowest BCUT2D eigenvalue weighted by molar-refractivity contribution is -0.123. The van der Waals surface area contributed by atoms with Gasteiger partial charge >= 0.3 is 0 Å². The van der Waals surface area contributed by atoms with Crippen molar-refractivity contribution in [2.24, 2.45) is 5.92 Å². The highest BCUT2D eigenvalue weighted by molar-refractivity contribution is 6.33. The Labute approximate surface area is 164 Å². The predicted molar refractivity (Wildman–Crippen MR) is 105 cm³/mol. The molecular formula is C19H27ClN4O3. The number of benzene rings is 1. The average molecular weight is 395 g/mol. The Kier molecular flexibility index (Phi) is 6.44. The number of halogens is 1. The molecule has 1 aromatic carbocycles. The number of likely N-dealkylation sites (tertiary alicyclic amines) is 1. The van der Waals surface area contributed by atoms with Crippen molar-refractivity contribution in [1.29, 1.82) is 0 Å². The summed E-state index contributed by atoms with van der Waals surface area (Å²) in [6.07, 6.45) is 3.81. The standard InChI is InChI=1S/C19H27ClN4O3/c1-27-17-9-15(21)14(20)8-13(17)19(26)24-7-3-4-12(11-24)10-23-18(25)16-5-2-6-22-16/h8-9,12,16,22H,2-7,10-11,21H2,1H3,(H,23,25). The predicted octanol–water partition coefficient (Wildman–Crippen LogP) is 1.65. The lowest BCUT2D eigenvalue weighted by Crippen LogP contribution is -2.46. The SMILES string of the molecule is COc1cc(N)c(Cl)cc1C(=O)N1CCCC(CNC(=O)C2CCCN2)C1. The molecule has 3 rings (SSSR count). The molecule has 0 spiro atoms. The highest BCUT2D eigenvalue weighted by atomic mass is 35.5. The first-order chi connectivity index (χ1) is 13.0. The third kappa shape index (κ3) is 4.65. The van der Waals surface area contributed by atoms with Crippen LogP contribution in [0.15, 0.2) is 12.1 Å². The van der Waals surface area contributed by atoms with Gasteiger partial charge in [0.1, 0.15) is 5.75 Å². The molecule has 0 radical (unpaired) electrons. The number of carbonyl (C=O) groups is 2. The molecule has 2 amide bonds. The highest BCUT2D eigenvalue weighted by Gasteiger charge is 2.28. The van der Waals surface area contributed by atoms with E-state index in [2.05, 4.69) is 10.6 Å². The second-order valence-corrected chi connectivity index (χ2v) is 7.63. The van der Waals surface area contributed by atoms with E-state index in [0.29, 0.717) is 41.7 Å². The van der Waals surface area contributed by atoms with E-state index in [1.165, 1.54) is 7.11 Å². The fourth-order valence-electron chi connectivity index (χ4n) is 3.77. The van der Waals surface area contributed by atoms with Crippen molar-refractivity contribution >= 4 is 29.1 Å². The molecule has 2 unspecified atom stereocenters. The van der Waals surface area contributed by atoms with E-state index in [1.54, 1.807) is 17.0 Å². The quantitative estimate of drug-likeness (QED) is 0.660. The number of nitrogens with zero attached hydrogens (tertiary/aromatic N) is 1. The lowest BCUT2D eigenvalue weighted by Gasteiger charge is -2.33. The number of carbonyl (C=O) groups excluding carboxylic acids is 2. The molecule has 8 heteroatoms. The topological polar surface area (TPSA) is 96.7 Å². The summed E-state index contributed by atoms with van der Waals surface area (Å²) in [6.45, 7) is 2.76. The summed E-state index contributed by atoms with van der Waals surface area (Å²) in [5, 5.41) is 6.57. The van der Waals surface area contributed by atoms with Crippen LogP contribution in [0.25, 0.3) is 0 Å². The van der Waals surface area contributed by atoms with Crippen LogP contribution in [-0.4, -0.2) is 56.0 Å². The van der Waals surface area contributed by atoms with Crippen molar-refractivity contribution in [3.63, 3.8) is 0 Å². The number of hydrogen-bond acceptors (Lipinski definition) is 5. The van der Waals surface area contributed by atoms with Gasteiger partial charge < -0.3 is 26.0 Å². The first-order valence-electron chi connectivity index (χ1n) is 9.43. The third-order valence-corrected chi connectivity index (χ3v) is 5.62. The largest absolute Gasteiger partial charge is 0.496 e. The third-order valence-electron chi connectivity index (χ3n) is 5.30. The molecular weight excluding hydrogens is 368 g/mol. The van der Waals surface area contributed by atoms with Gasteiger partial charge in [-0.1, -0.05) is 11.6 Å². The van der Waals surface area contributed by atoms with Gasteiger partial charge in [-0.25, -0.2) is 0 Å². The first kappa shape index (κ1) is 19.8. The van der Waals surface area contributed by atoms with Gasteiger partial charge in [0.05, 0.1) is 29.4 Å². The van der Waals surface area contributed by atoms with Crippen molar-refractivity contribution in [3.8, 4) is 5.75 Å². The normalized spacial score (nSPS) is 22.5. The molecule has 27 heavy (non-hydrogen) atoms. The number of piperidine rings is 1. The van der Waals surface area contributed by atoms with Crippen LogP contribution in [-0.2, 0) is 4.79 Å². The summed E-state index contributed by atoms with van der Waals surface area (Å²) < 4.78 is 5.31. The molecule has 2 fully saturated rings. The molecule has 148 valence electrons. The summed E-state index contributed by atoms with van der Waals surface area (Å²) in [4.78, 5) is 27.0. The van der Waals surface area contributed by atoms with Crippen molar-refractivity contribution in [2.45, 2.75) is 31.7 Å². The van der Waals surface area contributed by atoms with E-state index in [0.717, 1.165) is 32.2 Å². The highest BCUT2D eigenvalue weighted by Crippen LogP contribution is 2.30. The van der Waals surface area contributed by atoms with Crippen molar-refractivity contribution in [3.05, 3.63) is 22.7 Å². The van der Waals surface area contributed by atoms with Crippen molar-refractivity contribution in [1.82, 2.24) is 15.5 Å². The number of ether oxygens (including phenoxy) is 1. The van der Waals surface area contributed by atoms with Crippen LogP contribution in [0.2, 0.25) is 5.02 Å². The number of nitrogen functional groups attached to an aromatic ring is 1.